The van der Waals surface area contributed by atoms with Gasteiger partial charge in [-0.3, -0.25) is 19.1 Å². The number of pyridine rings is 1. The van der Waals surface area contributed by atoms with Crippen molar-refractivity contribution in [3.8, 4) is 11.5 Å². The van der Waals surface area contributed by atoms with Crippen molar-refractivity contribution in [1.82, 2.24) is 9.55 Å². The molecular formula is C26H23ClN2O5. The predicted molar refractivity (Wildman–Crippen MR) is 129 cm³/mol. The minimum absolute atomic E-state index is 0.147. The number of fused-ring (bicyclic) bond motifs is 1. The first-order valence-electron chi connectivity index (χ1n) is 10.7. The molecule has 2 aromatic carbocycles. The van der Waals surface area contributed by atoms with E-state index in [1.54, 1.807) is 42.0 Å². The minimum Gasteiger partial charge on any atom is -0.490 e. The first kappa shape index (κ1) is 23.3. The molecule has 2 heterocycles. The van der Waals surface area contributed by atoms with Gasteiger partial charge in [-0.1, -0.05) is 29.8 Å². The fraction of sp³-hybridized carbons (Fsp3) is 0.192. The molecule has 0 unspecified atom stereocenters. The second-order valence-corrected chi connectivity index (χ2v) is 8.24. The third kappa shape index (κ3) is 4.89. The topological polar surface area (TPSA) is 90.7 Å². The number of rotatable bonds is 8. The number of aromatic nitrogens is 2. The molecule has 0 aliphatic heterocycles. The first-order valence-corrected chi connectivity index (χ1v) is 11.0. The Hall–Kier alpha value is -3.84. The van der Waals surface area contributed by atoms with Crippen molar-refractivity contribution >= 4 is 34.4 Å². The normalized spacial score (nSPS) is 10.9. The van der Waals surface area contributed by atoms with Gasteiger partial charge in [-0.2, -0.15) is 0 Å². The zero-order valence-electron chi connectivity index (χ0n) is 18.7. The van der Waals surface area contributed by atoms with E-state index in [1.165, 1.54) is 6.20 Å². The highest BCUT2D eigenvalue weighted by Crippen LogP contribution is 2.28. The molecule has 4 aromatic rings. The second kappa shape index (κ2) is 9.97. The number of carboxylic acids is 1. The number of benzene rings is 2. The molecule has 0 atom stereocenters. The number of carboxylic acid groups (broad SMARTS) is 1. The number of hydrogen-bond acceptors (Lipinski definition) is 5. The number of ether oxygens (including phenoxy) is 2. The number of para-hydroxylation sites is 1. The summed E-state index contributed by atoms with van der Waals surface area (Å²) in [6, 6.07) is 14.3. The van der Waals surface area contributed by atoms with Crippen molar-refractivity contribution < 1.29 is 24.2 Å². The van der Waals surface area contributed by atoms with Crippen LogP contribution in [0.1, 0.15) is 27.2 Å². The summed E-state index contributed by atoms with van der Waals surface area (Å²) in [6.45, 7) is 4.23. The predicted octanol–water partition coefficient (Wildman–Crippen LogP) is 5.08. The van der Waals surface area contributed by atoms with Crippen LogP contribution < -0.4 is 9.47 Å². The average Bonchev–Trinajstić information content (AvgIpc) is 3.07. The Morgan fingerprint density at radius 3 is 2.44 bits per heavy atom. The lowest BCUT2D eigenvalue weighted by atomic mass is 10.1. The van der Waals surface area contributed by atoms with E-state index in [0.29, 0.717) is 52.1 Å². The highest BCUT2D eigenvalue weighted by Gasteiger charge is 2.22. The number of carbonyl (C=O) groups excluding carboxylic acids is 1. The Kier molecular flexibility index (Phi) is 6.84. The van der Waals surface area contributed by atoms with Crippen molar-refractivity contribution in [2.24, 2.45) is 0 Å². The summed E-state index contributed by atoms with van der Waals surface area (Å²) < 4.78 is 12.9. The van der Waals surface area contributed by atoms with Crippen molar-refractivity contribution in [3.63, 3.8) is 0 Å². The molecule has 0 bridgehead atoms. The Labute approximate surface area is 201 Å². The SMILES string of the molecule is Cc1cc(OCCOc2cncc(Cl)c2)ccc1C(=O)n1c(C)c(CC(=O)O)c2ccccc21. The average molecular weight is 479 g/mol. The Bertz CT molecular complexity index is 1380. The van der Waals surface area contributed by atoms with Crippen LogP contribution in [0.2, 0.25) is 5.02 Å². The van der Waals surface area contributed by atoms with Crippen molar-refractivity contribution in [1.29, 1.82) is 0 Å². The summed E-state index contributed by atoms with van der Waals surface area (Å²) in [7, 11) is 0. The molecule has 174 valence electrons. The van der Waals surface area contributed by atoms with E-state index in [9.17, 15) is 14.7 Å². The second-order valence-electron chi connectivity index (χ2n) is 7.80. The van der Waals surface area contributed by atoms with Crippen molar-refractivity contribution in [3.05, 3.63) is 88.3 Å². The van der Waals surface area contributed by atoms with Crippen molar-refractivity contribution in [2.45, 2.75) is 20.3 Å². The van der Waals surface area contributed by atoms with Gasteiger partial charge in [0, 0.05) is 28.9 Å². The summed E-state index contributed by atoms with van der Waals surface area (Å²) in [4.78, 5) is 28.8. The van der Waals surface area contributed by atoms with E-state index in [0.717, 1.165) is 10.9 Å². The van der Waals surface area contributed by atoms with E-state index < -0.39 is 5.97 Å². The smallest absolute Gasteiger partial charge is 0.307 e. The lowest BCUT2D eigenvalue weighted by molar-refractivity contribution is -0.136. The maximum Gasteiger partial charge on any atom is 0.307 e. The number of carbonyl (C=O) groups is 2. The van der Waals surface area contributed by atoms with Gasteiger partial charge >= 0.3 is 5.97 Å². The van der Waals surface area contributed by atoms with Crippen LogP contribution in [0.25, 0.3) is 10.9 Å². The van der Waals surface area contributed by atoms with Gasteiger partial charge < -0.3 is 14.6 Å². The molecule has 0 radical (unpaired) electrons. The third-order valence-corrected chi connectivity index (χ3v) is 5.71. The summed E-state index contributed by atoms with van der Waals surface area (Å²) in [5.41, 5.74) is 3.22. The van der Waals surface area contributed by atoms with Gasteiger partial charge in [0.05, 0.1) is 23.2 Å². The number of halogens is 1. The summed E-state index contributed by atoms with van der Waals surface area (Å²) in [5.74, 6) is 0.0187. The Balaban J connectivity index is 1.51. The van der Waals surface area contributed by atoms with Crippen molar-refractivity contribution in [2.75, 3.05) is 13.2 Å². The van der Waals surface area contributed by atoms with Gasteiger partial charge in [-0.25, -0.2) is 0 Å². The lowest BCUT2D eigenvalue weighted by Gasteiger charge is -2.12. The van der Waals surface area contributed by atoms with Crippen LogP contribution in [0, 0.1) is 13.8 Å². The fourth-order valence-electron chi connectivity index (χ4n) is 3.95. The maximum atomic E-state index is 13.5. The van der Waals surface area contributed by atoms with Gasteiger partial charge in [0.15, 0.2) is 0 Å². The number of nitrogens with zero attached hydrogens (tertiary/aromatic N) is 2. The van der Waals surface area contributed by atoms with Gasteiger partial charge in [0.1, 0.15) is 24.7 Å². The Morgan fingerprint density at radius 2 is 1.74 bits per heavy atom. The number of aliphatic carboxylic acids is 1. The number of aryl methyl sites for hydroxylation is 1. The Morgan fingerprint density at radius 1 is 1.00 bits per heavy atom. The molecule has 0 amide bonds. The molecule has 0 fully saturated rings. The summed E-state index contributed by atoms with van der Waals surface area (Å²) in [6.07, 6.45) is 2.96. The van der Waals surface area contributed by atoms with Crippen LogP contribution >= 0.6 is 11.6 Å². The van der Waals surface area contributed by atoms with E-state index in [4.69, 9.17) is 21.1 Å². The monoisotopic (exact) mass is 478 g/mol. The fourth-order valence-corrected chi connectivity index (χ4v) is 4.11. The summed E-state index contributed by atoms with van der Waals surface area (Å²) >= 11 is 5.89. The molecule has 0 saturated carbocycles. The summed E-state index contributed by atoms with van der Waals surface area (Å²) in [5, 5.41) is 10.6. The quantitative estimate of drug-likeness (QED) is 0.355. The lowest BCUT2D eigenvalue weighted by Crippen LogP contribution is -2.16. The molecule has 8 heteroatoms. The maximum absolute atomic E-state index is 13.5. The molecule has 0 aliphatic rings. The van der Waals surface area contributed by atoms with Gasteiger partial charge in [-0.15, -0.1) is 0 Å². The highest BCUT2D eigenvalue weighted by molar-refractivity contribution is 6.30. The van der Waals surface area contributed by atoms with Crippen LogP contribution in [0.5, 0.6) is 11.5 Å². The van der Waals surface area contributed by atoms with Crippen LogP contribution in [0.15, 0.2) is 60.9 Å². The van der Waals surface area contributed by atoms with E-state index in [1.807, 2.05) is 31.2 Å². The molecule has 0 aliphatic carbocycles. The molecule has 4 rings (SSSR count). The van der Waals surface area contributed by atoms with Gasteiger partial charge in [-0.05, 0) is 49.2 Å². The zero-order valence-corrected chi connectivity index (χ0v) is 19.5. The van der Waals surface area contributed by atoms with Crippen LogP contribution in [-0.2, 0) is 11.2 Å². The molecule has 1 N–H and O–H groups in total. The minimum atomic E-state index is -0.938. The molecule has 2 aromatic heterocycles. The first-order chi connectivity index (χ1) is 16.3. The van der Waals surface area contributed by atoms with E-state index in [2.05, 4.69) is 4.98 Å². The van der Waals surface area contributed by atoms with Gasteiger partial charge in [0.25, 0.3) is 5.91 Å². The van der Waals surface area contributed by atoms with Crippen LogP contribution in [-0.4, -0.2) is 39.7 Å². The van der Waals surface area contributed by atoms with E-state index in [-0.39, 0.29) is 12.3 Å². The third-order valence-electron chi connectivity index (χ3n) is 5.50. The number of hydrogen-bond donors (Lipinski definition) is 1. The van der Waals surface area contributed by atoms with Crippen LogP contribution in [0.3, 0.4) is 0 Å². The highest BCUT2D eigenvalue weighted by atomic mass is 35.5. The molecule has 34 heavy (non-hydrogen) atoms. The molecule has 7 nitrogen and oxygen atoms in total. The largest absolute Gasteiger partial charge is 0.490 e. The standard InChI is InChI=1S/C26H23ClN2O5/c1-16-11-19(33-9-10-34-20-12-18(27)14-28-15-20)7-8-21(16)26(32)29-17(2)23(13-25(30)31)22-5-3-4-6-24(22)29/h3-8,11-12,14-15H,9-10,13H2,1-2H3,(H,30,31). The van der Waals surface area contributed by atoms with E-state index >= 15 is 0 Å². The van der Waals surface area contributed by atoms with Crippen LogP contribution in [0.4, 0.5) is 0 Å². The van der Waals surface area contributed by atoms with Gasteiger partial charge in [0.2, 0.25) is 0 Å². The zero-order chi connectivity index (χ0) is 24.2. The molecule has 0 spiro atoms. The molecule has 0 saturated heterocycles. The molecular weight excluding hydrogens is 456 g/mol.